The molecule has 2 heterocycles. The zero-order valence-electron chi connectivity index (χ0n) is 16.0. The van der Waals surface area contributed by atoms with E-state index in [-0.39, 0.29) is 29.1 Å². The number of hydrogen-bond acceptors (Lipinski definition) is 4. The second kappa shape index (κ2) is 7.75. The first-order valence-corrected chi connectivity index (χ1v) is 10.5. The van der Waals surface area contributed by atoms with Crippen molar-refractivity contribution in [2.24, 2.45) is 4.99 Å². The number of ether oxygens (including phenoxy) is 1. The molecule has 1 spiro atoms. The highest BCUT2D eigenvalue weighted by atomic mass is 127. The summed E-state index contributed by atoms with van der Waals surface area (Å²) in [5, 5.41) is 2.69. The number of alkyl halides is 3. The first kappa shape index (κ1) is 21.0. The van der Waals surface area contributed by atoms with Gasteiger partial charge in [-0.15, -0.1) is 13.2 Å². The Morgan fingerprint density at radius 3 is 2.70 bits per heavy atom. The largest absolute Gasteiger partial charge is 0.573 e. The molecule has 0 bridgehead atoms. The zero-order valence-corrected chi connectivity index (χ0v) is 18.2. The number of benzene rings is 2. The molecule has 1 fully saturated rings. The van der Waals surface area contributed by atoms with Crippen LogP contribution < -0.4 is 15.0 Å². The van der Waals surface area contributed by atoms with Crippen LogP contribution in [0.3, 0.4) is 0 Å². The lowest BCUT2D eigenvalue weighted by Gasteiger charge is -2.42. The summed E-state index contributed by atoms with van der Waals surface area (Å²) in [7, 11) is 0. The van der Waals surface area contributed by atoms with Crippen LogP contribution in [0.5, 0.6) is 5.75 Å². The Hall–Kier alpha value is -2.30. The maximum Gasteiger partial charge on any atom is 0.573 e. The van der Waals surface area contributed by atoms with Gasteiger partial charge in [-0.3, -0.25) is 9.79 Å². The number of amides is 1. The molecule has 5 nitrogen and oxygen atoms in total. The number of hydrogen-bond donors (Lipinski definition) is 1. The molecule has 0 aliphatic carbocycles. The molecule has 2 aromatic carbocycles. The molecule has 2 aromatic rings. The molecule has 9 heteroatoms. The molecule has 4 rings (SSSR count). The van der Waals surface area contributed by atoms with E-state index in [1.807, 2.05) is 25.1 Å². The maximum atomic E-state index is 12.9. The third kappa shape index (κ3) is 4.12. The summed E-state index contributed by atoms with van der Waals surface area (Å²) in [5.74, 6) is -0.548. The van der Waals surface area contributed by atoms with Crippen molar-refractivity contribution in [1.82, 2.24) is 5.32 Å². The van der Waals surface area contributed by atoms with E-state index in [0.717, 1.165) is 9.26 Å². The van der Waals surface area contributed by atoms with Crippen molar-refractivity contribution in [3.63, 3.8) is 0 Å². The molecule has 2 aliphatic heterocycles. The van der Waals surface area contributed by atoms with Gasteiger partial charge in [-0.1, -0.05) is 18.2 Å². The number of halogens is 4. The fourth-order valence-electron chi connectivity index (χ4n) is 4.09. The molecule has 2 aliphatic rings. The van der Waals surface area contributed by atoms with Crippen molar-refractivity contribution < 1.29 is 22.7 Å². The number of nitrogens with one attached hydrogen (secondary N) is 1. The predicted molar refractivity (Wildman–Crippen MR) is 116 cm³/mol. The highest BCUT2D eigenvalue weighted by molar-refractivity contribution is 14.1. The Morgan fingerprint density at radius 2 is 2.00 bits per heavy atom. The Balaban J connectivity index is 1.61. The van der Waals surface area contributed by atoms with Crippen LogP contribution in [0.1, 0.15) is 25.3 Å². The number of aliphatic imine (C=N–C) groups is 1. The Bertz CT molecular complexity index is 1010. The number of anilines is 1. The van der Waals surface area contributed by atoms with Crippen molar-refractivity contribution in [2.75, 3.05) is 11.4 Å². The molecule has 0 saturated carbocycles. The molecule has 1 amide bonds. The molecule has 0 radical (unpaired) electrons. The van der Waals surface area contributed by atoms with E-state index < -0.39 is 11.9 Å². The van der Waals surface area contributed by atoms with Crippen LogP contribution in [0.4, 0.5) is 18.9 Å². The van der Waals surface area contributed by atoms with Gasteiger partial charge in [-0.2, -0.15) is 0 Å². The Morgan fingerprint density at radius 1 is 1.23 bits per heavy atom. The van der Waals surface area contributed by atoms with E-state index in [2.05, 4.69) is 48.6 Å². The summed E-state index contributed by atoms with van der Waals surface area (Å²) in [6.45, 7) is 2.65. The summed E-state index contributed by atoms with van der Waals surface area (Å²) >= 11 is 2.26. The zero-order chi connectivity index (χ0) is 21.5. The molecule has 1 N–H and O–H groups in total. The number of carbonyl (C=O) groups is 1. The standard InChI is InChI=1S/C21H19F3IN3O2/c1-13-12-20(9-10-28(13)15-6-4-5-14(25)11-15)19(29)26-18(27-20)16-7-2-3-8-17(16)30-21(22,23)24/h2-8,11,13H,9-10,12H2,1H3,(H,26,27,29)/t13-,20+/m0/s1. The van der Waals surface area contributed by atoms with Crippen molar-refractivity contribution in [3.05, 3.63) is 57.7 Å². The first-order valence-electron chi connectivity index (χ1n) is 9.45. The van der Waals surface area contributed by atoms with E-state index >= 15 is 0 Å². The molecule has 30 heavy (non-hydrogen) atoms. The van der Waals surface area contributed by atoms with E-state index in [1.54, 1.807) is 6.07 Å². The second-order valence-electron chi connectivity index (χ2n) is 7.47. The SMILES string of the molecule is C[C@H]1C[C@@]2(CCN1c1cccc(I)c1)N=C(c1ccccc1OC(F)(F)F)NC2=O. The lowest BCUT2D eigenvalue weighted by molar-refractivity contribution is -0.274. The predicted octanol–water partition coefficient (Wildman–Crippen LogP) is 4.49. The number of carbonyl (C=O) groups excluding carboxylic acids is 1. The number of rotatable bonds is 3. The second-order valence-corrected chi connectivity index (χ2v) is 8.71. The minimum Gasteiger partial charge on any atom is -0.405 e. The van der Waals surface area contributed by atoms with Crippen molar-refractivity contribution in [3.8, 4) is 5.75 Å². The minimum absolute atomic E-state index is 0.0347. The Labute approximate surface area is 185 Å². The molecular formula is C21H19F3IN3O2. The van der Waals surface area contributed by atoms with Gasteiger partial charge in [0.2, 0.25) is 0 Å². The molecule has 0 aromatic heterocycles. The van der Waals surface area contributed by atoms with Crippen LogP contribution in [-0.4, -0.2) is 36.2 Å². The van der Waals surface area contributed by atoms with Gasteiger partial charge < -0.3 is 15.0 Å². The highest BCUT2D eigenvalue weighted by Gasteiger charge is 2.48. The third-order valence-corrected chi connectivity index (χ3v) is 6.09. The Kier molecular flexibility index (Phi) is 5.41. The van der Waals surface area contributed by atoms with E-state index in [9.17, 15) is 18.0 Å². The number of piperidine rings is 1. The molecule has 2 atom stereocenters. The lowest BCUT2D eigenvalue weighted by Crippen LogP contribution is -2.53. The van der Waals surface area contributed by atoms with Gasteiger partial charge in [-0.05, 0) is 66.3 Å². The first-order chi connectivity index (χ1) is 14.2. The molecule has 0 unspecified atom stereocenters. The van der Waals surface area contributed by atoms with E-state index in [4.69, 9.17) is 0 Å². The van der Waals surface area contributed by atoms with Crippen LogP contribution in [-0.2, 0) is 4.79 Å². The summed E-state index contributed by atoms with van der Waals surface area (Å²) in [4.78, 5) is 19.7. The van der Waals surface area contributed by atoms with Crippen molar-refractivity contribution >= 4 is 40.0 Å². The quantitative estimate of drug-likeness (QED) is 0.597. The normalized spacial score (nSPS) is 24.0. The fourth-order valence-corrected chi connectivity index (χ4v) is 4.62. The number of amidine groups is 1. The maximum absolute atomic E-state index is 12.9. The summed E-state index contributed by atoms with van der Waals surface area (Å²) in [5.41, 5.74) is 0.210. The average Bonchev–Trinajstić information content (AvgIpc) is 2.96. The van der Waals surface area contributed by atoms with Crippen LogP contribution in [0.2, 0.25) is 0 Å². The highest BCUT2D eigenvalue weighted by Crippen LogP contribution is 2.37. The van der Waals surface area contributed by atoms with Crippen LogP contribution in [0.15, 0.2) is 53.5 Å². The minimum atomic E-state index is -4.83. The summed E-state index contributed by atoms with van der Waals surface area (Å²) < 4.78 is 43.5. The molecular weight excluding hydrogens is 510 g/mol. The van der Waals surface area contributed by atoms with Crippen molar-refractivity contribution in [1.29, 1.82) is 0 Å². The van der Waals surface area contributed by atoms with Gasteiger partial charge in [0.25, 0.3) is 5.91 Å². The molecule has 158 valence electrons. The van der Waals surface area contributed by atoms with Gasteiger partial charge in [-0.25, -0.2) is 0 Å². The fraction of sp³-hybridized carbons (Fsp3) is 0.333. The van der Waals surface area contributed by atoms with Gasteiger partial charge >= 0.3 is 6.36 Å². The van der Waals surface area contributed by atoms with Crippen LogP contribution in [0, 0.1) is 3.57 Å². The van der Waals surface area contributed by atoms with E-state index in [1.165, 1.54) is 18.2 Å². The smallest absolute Gasteiger partial charge is 0.405 e. The van der Waals surface area contributed by atoms with Gasteiger partial charge in [0.1, 0.15) is 17.1 Å². The van der Waals surface area contributed by atoms with Crippen LogP contribution >= 0.6 is 22.6 Å². The van der Waals surface area contributed by atoms with Gasteiger partial charge in [0.15, 0.2) is 0 Å². The van der Waals surface area contributed by atoms with E-state index in [0.29, 0.717) is 19.4 Å². The number of nitrogens with zero attached hydrogens (tertiary/aromatic N) is 2. The summed E-state index contributed by atoms with van der Waals surface area (Å²) in [6, 6.07) is 13.9. The van der Waals surface area contributed by atoms with Crippen LogP contribution in [0.25, 0.3) is 0 Å². The third-order valence-electron chi connectivity index (χ3n) is 5.42. The van der Waals surface area contributed by atoms with Gasteiger partial charge in [0, 0.05) is 28.3 Å². The molecule has 1 saturated heterocycles. The van der Waals surface area contributed by atoms with Gasteiger partial charge in [0.05, 0.1) is 5.56 Å². The lowest BCUT2D eigenvalue weighted by atomic mass is 9.83. The topological polar surface area (TPSA) is 53.9 Å². The summed E-state index contributed by atoms with van der Waals surface area (Å²) in [6.07, 6.45) is -3.89. The monoisotopic (exact) mass is 529 g/mol. The van der Waals surface area contributed by atoms with Crippen molar-refractivity contribution in [2.45, 2.75) is 37.7 Å². The number of para-hydroxylation sites is 1. The average molecular weight is 529 g/mol.